The van der Waals surface area contributed by atoms with Gasteiger partial charge in [-0.2, -0.15) is 0 Å². The zero-order chi connectivity index (χ0) is 17.6. The number of hydrogen-bond acceptors (Lipinski definition) is 5. The molecule has 24 heavy (non-hydrogen) atoms. The highest BCUT2D eigenvalue weighted by atomic mass is 16.5. The van der Waals surface area contributed by atoms with Crippen LogP contribution in [0.5, 0.6) is 5.75 Å². The predicted octanol–water partition coefficient (Wildman–Crippen LogP) is 2.70. The highest BCUT2D eigenvalue weighted by molar-refractivity contribution is 5.85. The van der Waals surface area contributed by atoms with Crippen molar-refractivity contribution in [2.75, 3.05) is 39.1 Å². The SMILES string of the molecule is COc1cccc2ccc(NCC3(C)CCN(C)C3)nc12.O=CO. The number of pyridine rings is 1. The molecule has 1 aliphatic rings. The minimum Gasteiger partial charge on any atom is -0.494 e. The number of fused-ring (bicyclic) bond motifs is 1. The van der Waals surface area contributed by atoms with E-state index in [2.05, 4.69) is 36.3 Å². The molecule has 0 amide bonds. The monoisotopic (exact) mass is 331 g/mol. The van der Waals surface area contributed by atoms with E-state index in [0.29, 0.717) is 5.41 Å². The first-order valence-electron chi connectivity index (χ1n) is 7.95. The molecule has 2 heterocycles. The summed E-state index contributed by atoms with van der Waals surface area (Å²) < 4.78 is 5.40. The van der Waals surface area contributed by atoms with E-state index in [9.17, 15) is 0 Å². The van der Waals surface area contributed by atoms with Gasteiger partial charge < -0.3 is 20.1 Å². The number of rotatable bonds is 4. The Morgan fingerprint density at radius 1 is 1.42 bits per heavy atom. The minimum absolute atomic E-state index is 0.250. The van der Waals surface area contributed by atoms with Gasteiger partial charge in [-0.25, -0.2) is 4.98 Å². The number of hydrogen-bond donors (Lipinski definition) is 2. The van der Waals surface area contributed by atoms with Gasteiger partial charge in [-0.15, -0.1) is 0 Å². The fraction of sp³-hybridized carbons (Fsp3) is 0.444. The van der Waals surface area contributed by atoms with Gasteiger partial charge in [0.2, 0.25) is 0 Å². The zero-order valence-electron chi connectivity index (χ0n) is 14.5. The van der Waals surface area contributed by atoms with Crippen molar-refractivity contribution >= 4 is 23.2 Å². The molecule has 130 valence electrons. The molecule has 3 rings (SSSR count). The second kappa shape index (κ2) is 7.97. The van der Waals surface area contributed by atoms with Gasteiger partial charge in [-0.05, 0) is 43.6 Å². The highest BCUT2D eigenvalue weighted by Gasteiger charge is 2.31. The van der Waals surface area contributed by atoms with Gasteiger partial charge in [0, 0.05) is 18.5 Å². The van der Waals surface area contributed by atoms with Crippen LogP contribution >= 0.6 is 0 Å². The van der Waals surface area contributed by atoms with Crippen molar-refractivity contribution in [3.05, 3.63) is 30.3 Å². The van der Waals surface area contributed by atoms with Crippen molar-refractivity contribution in [3.63, 3.8) is 0 Å². The summed E-state index contributed by atoms with van der Waals surface area (Å²) in [6, 6.07) is 10.1. The van der Waals surface area contributed by atoms with E-state index in [1.54, 1.807) is 7.11 Å². The second-order valence-corrected chi connectivity index (χ2v) is 6.49. The number of para-hydroxylation sites is 1. The summed E-state index contributed by atoms with van der Waals surface area (Å²) in [5, 5.41) is 11.5. The maximum absolute atomic E-state index is 8.36. The molecule has 0 saturated carbocycles. The fourth-order valence-electron chi connectivity index (χ4n) is 3.10. The van der Waals surface area contributed by atoms with E-state index < -0.39 is 0 Å². The van der Waals surface area contributed by atoms with Gasteiger partial charge in [0.05, 0.1) is 7.11 Å². The summed E-state index contributed by atoms with van der Waals surface area (Å²) in [5.41, 5.74) is 1.24. The van der Waals surface area contributed by atoms with Gasteiger partial charge in [-0.3, -0.25) is 4.79 Å². The molecule has 1 aromatic heterocycles. The number of nitrogens with zero attached hydrogens (tertiary/aromatic N) is 2. The van der Waals surface area contributed by atoms with Crippen molar-refractivity contribution in [1.82, 2.24) is 9.88 Å². The molecule has 1 aliphatic heterocycles. The standard InChI is InChI=1S/C17H23N3O.CH2O2/c1-17(9-10-20(2)12-17)11-18-15-8-7-13-5-4-6-14(21-3)16(13)19-15;2-1-3/h4-8H,9-12H2,1-3H3,(H,18,19);1H,(H,2,3). The van der Waals surface area contributed by atoms with E-state index in [1.807, 2.05) is 18.2 Å². The summed E-state index contributed by atoms with van der Waals surface area (Å²) in [4.78, 5) is 15.5. The Morgan fingerprint density at radius 2 is 2.17 bits per heavy atom. The van der Waals surface area contributed by atoms with Crippen LogP contribution in [0.25, 0.3) is 10.9 Å². The van der Waals surface area contributed by atoms with E-state index in [-0.39, 0.29) is 6.47 Å². The third kappa shape index (κ3) is 4.35. The molecule has 1 saturated heterocycles. The first kappa shape index (κ1) is 18.0. The Kier molecular flexibility index (Phi) is 5.98. The molecule has 0 bridgehead atoms. The predicted molar refractivity (Wildman–Crippen MR) is 95.7 cm³/mol. The summed E-state index contributed by atoms with van der Waals surface area (Å²) in [6.45, 7) is 5.35. The normalized spacial score (nSPS) is 20.3. The van der Waals surface area contributed by atoms with Crippen LogP contribution in [0.3, 0.4) is 0 Å². The number of carboxylic acid groups (broad SMARTS) is 1. The number of anilines is 1. The van der Waals surface area contributed by atoms with Crippen LogP contribution in [0.1, 0.15) is 13.3 Å². The maximum Gasteiger partial charge on any atom is 0.290 e. The molecule has 0 spiro atoms. The number of benzene rings is 1. The second-order valence-electron chi connectivity index (χ2n) is 6.49. The quantitative estimate of drug-likeness (QED) is 0.839. The fourth-order valence-corrected chi connectivity index (χ4v) is 3.10. The topological polar surface area (TPSA) is 74.7 Å². The number of methoxy groups -OCH3 is 1. The van der Waals surface area contributed by atoms with Gasteiger partial charge in [-0.1, -0.05) is 19.1 Å². The van der Waals surface area contributed by atoms with Crippen molar-refractivity contribution in [2.45, 2.75) is 13.3 Å². The van der Waals surface area contributed by atoms with Crippen LogP contribution in [0.4, 0.5) is 5.82 Å². The molecule has 1 fully saturated rings. The first-order chi connectivity index (χ1) is 11.5. The van der Waals surface area contributed by atoms with Crippen molar-refractivity contribution < 1.29 is 14.6 Å². The average molecular weight is 331 g/mol. The number of aromatic nitrogens is 1. The van der Waals surface area contributed by atoms with Crippen molar-refractivity contribution in [3.8, 4) is 5.75 Å². The zero-order valence-corrected chi connectivity index (χ0v) is 14.5. The Bertz CT molecular complexity index is 692. The Hall–Kier alpha value is -2.34. The summed E-state index contributed by atoms with van der Waals surface area (Å²) in [5.74, 6) is 1.74. The van der Waals surface area contributed by atoms with E-state index in [0.717, 1.165) is 35.6 Å². The lowest BCUT2D eigenvalue weighted by molar-refractivity contribution is -0.122. The molecular formula is C18H25N3O3. The molecule has 2 N–H and O–H groups in total. The Morgan fingerprint density at radius 3 is 2.79 bits per heavy atom. The van der Waals surface area contributed by atoms with Gasteiger partial charge in [0.25, 0.3) is 6.47 Å². The van der Waals surface area contributed by atoms with Gasteiger partial charge >= 0.3 is 0 Å². The molecule has 6 nitrogen and oxygen atoms in total. The largest absolute Gasteiger partial charge is 0.494 e. The van der Waals surface area contributed by atoms with Crippen LogP contribution < -0.4 is 10.1 Å². The number of carbonyl (C=O) groups is 1. The Labute approximate surface area is 142 Å². The molecule has 0 aliphatic carbocycles. The van der Waals surface area contributed by atoms with Crippen molar-refractivity contribution in [2.24, 2.45) is 5.41 Å². The summed E-state index contributed by atoms with van der Waals surface area (Å²) in [6.07, 6.45) is 1.23. The highest BCUT2D eigenvalue weighted by Crippen LogP contribution is 2.30. The third-order valence-electron chi connectivity index (χ3n) is 4.35. The summed E-state index contributed by atoms with van der Waals surface area (Å²) in [7, 11) is 3.87. The van der Waals surface area contributed by atoms with Crippen LogP contribution in [-0.2, 0) is 4.79 Å². The molecule has 0 radical (unpaired) electrons. The van der Waals surface area contributed by atoms with E-state index in [4.69, 9.17) is 19.6 Å². The maximum atomic E-state index is 8.36. The molecule has 1 aromatic carbocycles. The van der Waals surface area contributed by atoms with Gasteiger partial charge in [0.1, 0.15) is 17.1 Å². The molecule has 2 aromatic rings. The molecular weight excluding hydrogens is 306 g/mol. The number of ether oxygens (including phenoxy) is 1. The van der Waals surface area contributed by atoms with Crippen molar-refractivity contribution in [1.29, 1.82) is 0 Å². The lowest BCUT2D eigenvalue weighted by atomic mass is 9.90. The number of likely N-dealkylation sites (tertiary alicyclic amines) is 1. The lowest BCUT2D eigenvalue weighted by Crippen LogP contribution is -2.29. The van der Waals surface area contributed by atoms with E-state index >= 15 is 0 Å². The summed E-state index contributed by atoms with van der Waals surface area (Å²) >= 11 is 0. The van der Waals surface area contributed by atoms with Crippen LogP contribution in [0.15, 0.2) is 30.3 Å². The first-order valence-corrected chi connectivity index (χ1v) is 7.95. The van der Waals surface area contributed by atoms with Crippen LogP contribution in [0.2, 0.25) is 0 Å². The molecule has 1 atom stereocenters. The molecule has 1 unspecified atom stereocenters. The lowest BCUT2D eigenvalue weighted by Gasteiger charge is -2.24. The average Bonchev–Trinajstić information content (AvgIpc) is 2.92. The number of nitrogens with one attached hydrogen (secondary N) is 1. The van der Waals surface area contributed by atoms with Crippen LogP contribution in [0, 0.1) is 5.41 Å². The Balaban J connectivity index is 0.000000647. The third-order valence-corrected chi connectivity index (χ3v) is 4.35. The van der Waals surface area contributed by atoms with E-state index in [1.165, 1.54) is 13.0 Å². The smallest absolute Gasteiger partial charge is 0.290 e. The molecule has 6 heteroatoms. The van der Waals surface area contributed by atoms with Gasteiger partial charge in [0.15, 0.2) is 0 Å². The van der Waals surface area contributed by atoms with Crippen LogP contribution in [-0.4, -0.2) is 55.3 Å². The minimum atomic E-state index is -0.250.